The summed E-state index contributed by atoms with van der Waals surface area (Å²) in [6.07, 6.45) is -1.18. The third kappa shape index (κ3) is 4.44. The van der Waals surface area contributed by atoms with Gasteiger partial charge in [0.2, 0.25) is 15.9 Å². The number of amides is 1. The molecule has 0 bridgehead atoms. The van der Waals surface area contributed by atoms with Gasteiger partial charge in [-0.15, -0.1) is 0 Å². The van der Waals surface area contributed by atoms with E-state index in [2.05, 4.69) is 0 Å². The third-order valence-corrected chi connectivity index (χ3v) is 7.59. The van der Waals surface area contributed by atoms with Gasteiger partial charge >= 0.3 is 6.09 Å². The smallest absolute Gasteiger partial charge is 0.407 e. The minimum absolute atomic E-state index is 0.0136. The SMILES string of the molecule is NC1CC(F)(F)CC1CCC1CN(C(=O)O)CCN1S(=O)(=O)c1ccccc1. The molecule has 28 heavy (non-hydrogen) atoms. The van der Waals surface area contributed by atoms with E-state index in [1.54, 1.807) is 18.2 Å². The van der Waals surface area contributed by atoms with Gasteiger partial charge in [0, 0.05) is 44.6 Å². The lowest BCUT2D eigenvalue weighted by Gasteiger charge is -2.40. The van der Waals surface area contributed by atoms with Crippen LogP contribution in [0.15, 0.2) is 35.2 Å². The molecule has 2 aliphatic rings. The van der Waals surface area contributed by atoms with Crippen LogP contribution in [-0.4, -0.2) is 66.5 Å². The summed E-state index contributed by atoms with van der Waals surface area (Å²) in [5.74, 6) is -3.20. The quantitative estimate of drug-likeness (QED) is 0.764. The number of alkyl halides is 2. The average molecular weight is 417 g/mol. The normalized spacial score (nSPS) is 28.4. The standard InChI is InChI=1S/C18H25F2N3O4S/c19-18(20)10-13(16(21)11-18)6-7-14-12-22(17(24)25)8-9-23(14)28(26,27)15-4-2-1-3-5-15/h1-5,13-14,16H,6-12,21H2,(H,24,25). The number of carboxylic acid groups (broad SMARTS) is 1. The Kier molecular flexibility index (Phi) is 5.92. The topological polar surface area (TPSA) is 104 Å². The third-order valence-electron chi connectivity index (χ3n) is 5.62. The first-order chi connectivity index (χ1) is 13.1. The predicted molar refractivity (Wildman–Crippen MR) is 98.6 cm³/mol. The van der Waals surface area contributed by atoms with E-state index < -0.39 is 40.0 Å². The molecule has 0 radical (unpaired) electrons. The maximum Gasteiger partial charge on any atom is 0.407 e. The zero-order valence-corrected chi connectivity index (χ0v) is 16.2. The second kappa shape index (κ2) is 7.92. The largest absolute Gasteiger partial charge is 0.465 e. The second-order valence-corrected chi connectivity index (χ2v) is 9.47. The predicted octanol–water partition coefficient (Wildman–Crippen LogP) is 2.19. The van der Waals surface area contributed by atoms with E-state index >= 15 is 0 Å². The van der Waals surface area contributed by atoms with E-state index in [0.29, 0.717) is 6.42 Å². The van der Waals surface area contributed by atoms with Crippen molar-refractivity contribution in [3.63, 3.8) is 0 Å². The lowest BCUT2D eigenvalue weighted by molar-refractivity contribution is 0.00361. The number of piperazine rings is 1. The van der Waals surface area contributed by atoms with Gasteiger partial charge in [0.05, 0.1) is 4.90 Å². The summed E-state index contributed by atoms with van der Waals surface area (Å²) >= 11 is 0. The molecule has 7 nitrogen and oxygen atoms in total. The molecule has 3 unspecified atom stereocenters. The molecule has 3 N–H and O–H groups in total. The van der Waals surface area contributed by atoms with Crippen molar-refractivity contribution < 1.29 is 27.1 Å². The van der Waals surface area contributed by atoms with Crippen LogP contribution in [0.2, 0.25) is 0 Å². The summed E-state index contributed by atoms with van der Waals surface area (Å²) in [4.78, 5) is 12.7. The van der Waals surface area contributed by atoms with Gasteiger partial charge < -0.3 is 15.7 Å². The highest BCUT2D eigenvalue weighted by Crippen LogP contribution is 2.40. The van der Waals surface area contributed by atoms with Crippen LogP contribution in [0.1, 0.15) is 25.7 Å². The van der Waals surface area contributed by atoms with E-state index in [-0.39, 0.29) is 43.8 Å². The molecule has 1 amide bonds. The number of nitrogens with zero attached hydrogens (tertiary/aromatic N) is 2. The van der Waals surface area contributed by atoms with E-state index in [1.807, 2.05) is 0 Å². The number of rotatable bonds is 5. The lowest BCUT2D eigenvalue weighted by Crippen LogP contribution is -2.56. The summed E-state index contributed by atoms with van der Waals surface area (Å²) in [5.41, 5.74) is 5.84. The molecule has 1 aliphatic carbocycles. The summed E-state index contributed by atoms with van der Waals surface area (Å²) in [6.45, 7) is 0.111. The second-order valence-electron chi connectivity index (χ2n) is 7.58. The molecule has 1 aromatic carbocycles. The number of hydrogen-bond donors (Lipinski definition) is 2. The molecule has 10 heteroatoms. The Balaban J connectivity index is 1.78. The van der Waals surface area contributed by atoms with Gasteiger partial charge in [-0.25, -0.2) is 22.0 Å². The highest BCUT2D eigenvalue weighted by molar-refractivity contribution is 7.89. The van der Waals surface area contributed by atoms with Crippen LogP contribution in [0.4, 0.5) is 13.6 Å². The first-order valence-corrected chi connectivity index (χ1v) is 10.7. The first-order valence-electron chi connectivity index (χ1n) is 9.28. The maximum absolute atomic E-state index is 13.6. The van der Waals surface area contributed by atoms with E-state index in [4.69, 9.17) is 5.73 Å². The van der Waals surface area contributed by atoms with Crippen molar-refractivity contribution >= 4 is 16.1 Å². The molecule has 1 aromatic rings. The van der Waals surface area contributed by atoms with Crippen LogP contribution in [-0.2, 0) is 10.0 Å². The van der Waals surface area contributed by atoms with Crippen molar-refractivity contribution in [2.24, 2.45) is 11.7 Å². The minimum Gasteiger partial charge on any atom is -0.465 e. The monoisotopic (exact) mass is 417 g/mol. The molecule has 1 saturated heterocycles. The van der Waals surface area contributed by atoms with Crippen molar-refractivity contribution in [2.75, 3.05) is 19.6 Å². The first kappa shape index (κ1) is 20.9. The Hall–Kier alpha value is -1.78. The van der Waals surface area contributed by atoms with Crippen LogP contribution < -0.4 is 5.73 Å². The van der Waals surface area contributed by atoms with Crippen molar-refractivity contribution in [1.82, 2.24) is 9.21 Å². The van der Waals surface area contributed by atoms with E-state index in [0.717, 1.165) is 0 Å². The summed E-state index contributed by atoms with van der Waals surface area (Å²) in [5, 5.41) is 9.29. The number of carbonyl (C=O) groups is 1. The molecule has 1 aliphatic heterocycles. The molecule has 0 aromatic heterocycles. The van der Waals surface area contributed by atoms with Gasteiger partial charge in [-0.1, -0.05) is 18.2 Å². The molecule has 3 atom stereocenters. The molecule has 1 saturated carbocycles. The number of sulfonamides is 1. The molecular weight excluding hydrogens is 392 g/mol. The van der Waals surface area contributed by atoms with Crippen LogP contribution in [0, 0.1) is 5.92 Å². The molecular formula is C18H25F2N3O4S. The number of benzene rings is 1. The van der Waals surface area contributed by atoms with E-state index in [9.17, 15) is 27.1 Å². The lowest BCUT2D eigenvalue weighted by atomic mass is 9.95. The highest BCUT2D eigenvalue weighted by atomic mass is 32.2. The molecule has 156 valence electrons. The van der Waals surface area contributed by atoms with Crippen LogP contribution in [0.3, 0.4) is 0 Å². The van der Waals surface area contributed by atoms with Gasteiger partial charge in [0.15, 0.2) is 0 Å². The van der Waals surface area contributed by atoms with Crippen molar-refractivity contribution in [1.29, 1.82) is 0 Å². The van der Waals surface area contributed by atoms with Crippen LogP contribution in [0.25, 0.3) is 0 Å². The van der Waals surface area contributed by atoms with Crippen molar-refractivity contribution in [2.45, 2.75) is 48.6 Å². The molecule has 3 rings (SSSR count). The Morgan fingerprint density at radius 3 is 2.43 bits per heavy atom. The zero-order chi connectivity index (χ0) is 20.5. The average Bonchev–Trinajstić information content (AvgIpc) is 2.92. The van der Waals surface area contributed by atoms with Crippen LogP contribution in [0.5, 0.6) is 0 Å². The number of halogens is 2. The van der Waals surface area contributed by atoms with Gasteiger partial charge in [0.25, 0.3) is 0 Å². The molecule has 2 fully saturated rings. The Morgan fingerprint density at radius 2 is 1.86 bits per heavy atom. The Morgan fingerprint density at radius 1 is 1.18 bits per heavy atom. The number of nitrogens with two attached hydrogens (primary N) is 1. The van der Waals surface area contributed by atoms with Gasteiger partial charge in [-0.3, -0.25) is 0 Å². The molecule has 0 spiro atoms. The highest BCUT2D eigenvalue weighted by Gasteiger charge is 2.45. The van der Waals surface area contributed by atoms with Gasteiger partial charge in [-0.05, 0) is 30.9 Å². The molecule has 1 heterocycles. The van der Waals surface area contributed by atoms with Gasteiger partial charge in [-0.2, -0.15) is 4.31 Å². The Labute approximate surface area is 163 Å². The van der Waals surface area contributed by atoms with Crippen molar-refractivity contribution in [3.05, 3.63) is 30.3 Å². The summed E-state index contributed by atoms with van der Waals surface area (Å²) in [7, 11) is -3.81. The zero-order valence-electron chi connectivity index (χ0n) is 15.4. The van der Waals surface area contributed by atoms with Crippen LogP contribution >= 0.6 is 0 Å². The summed E-state index contributed by atoms with van der Waals surface area (Å²) < 4.78 is 54.6. The fourth-order valence-electron chi connectivity index (χ4n) is 4.14. The summed E-state index contributed by atoms with van der Waals surface area (Å²) in [6, 6.07) is 6.68. The fraction of sp³-hybridized carbons (Fsp3) is 0.611. The fourth-order valence-corrected chi connectivity index (χ4v) is 5.80. The number of hydrogen-bond acceptors (Lipinski definition) is 4. The van der Waals surface area contributed by atoms with Gasteiger partial charge in [0.1, 0.15) is 0 Å². The maximum atomic E-state index is 13.6. The van der Waals surface area contributed by atoms with Crippen molar-refractivity contribution in [3.8, 4) is 0 Å². The minimum atomic E-state index is -3.81. The Bertz CT molecular complexity index is 806. The van der Waals surface area contributed by atoms with E-state index in [1.165, 1.54) is 21.3 Å².